The minimum atomic E-state index is 0.324. The van der Waals surface area contributed by atoms with Crippen molar-refractivity contribution in [2.24, 2.45) is 0 Å². The van der Waals surface area contributed by atoms with E-state index in [-0.39, 0.29) is 0 Å². The van der Waals surface area contributed by atoms with Gasteiger partial charge in [0.15, 0.2) is 5.11 Å². The maximum Gasteiger partial charge on any atom is 0.173 e. The lowest BCUT2D eigenvalue weighted by Gasteiger charge is -2.22. The highest BCUT2D eigenvalue weighted by molar-refractivity contribution is 9.10. The second-order valence-electron chi connectivity index (χ2n) is 5.00. The standard InChI is InChI=1S/C14H17BrN2OS/c15-11-3-4-13-10(8-11)5-6-17(13)14(19)16-9-12-2-1-7-18-12/h3-4,8,12H,1-2,5-7,9H2,(H,16,19)/t12-/m1/s1. The Morgan fingerprint density at radius 2 is 2.42 bits per heavy atom. The summed E-state index contributed by atoms with van der Waals surface area (Å²) in [4.78, 5) is 2.19. The van der Waals surface area contributed by atoms with Gasteiger partial charge in [-0.3, -0.25) is 0 Å². The van der Waals surface area contributed by atoms with E-state index in [0.717, 1.165) is 42.1 Å². The molecule has 5 heteroatoms. The van der Waals surface area contributed by atoms with E-state index in [0.29, 0.717) is 6.10 Å². The fourth-order valence-corrected chi connectivity index (χ4v) is 3.36. The number of thiocarbonyl (C=S) groups is 1. The lowest BCUT2D eigenvalue weighted by molar-refractivity contribution is 0.114. The number of nitrogens with zero attached hydrogens (tertiary/aromatic N) is 1. The van der Waals surface area contributed by atoms with Crippen LogP contribution in [0, 0.1) is 0 Å². The molecule has 2 aliphatic heterocycles. The van der Waals surface area contributed by atoms with E-state index in [2.05, 4.69) is 44.3 Å². The molecular weight excluding hydrogens is 324 g/mol. The molecule has 0 aliphatic carbocycles. The molecule has 0 radical (unpaired) electrons. The van der Waals surface area contributed by atoms with Crippen molar-refractivity contribution in [2.75, 3.05) is 24.6 Å². The van der Waals surface area contributed by atoms with Crippen LogP contribution in [0.3, 0.4) is 0 Å². The number of anilines is 1. The molecular formula is C14H17BrN2OS. The van der Waals surface area contributed by atoms with Crippen LogP contribution in [0.4, 0.5) is 5.69 Å². The summed E-state index contributed by atoms with van der Waals surface area (Å²) < 4.78 is 6.74. The summed E-state index contributed by atoms with van der Waals surface area (Å²) in [7, 11) is 0. The molecule has 2 aliphatic rings. The summed E-state index contributed by atoms with van der Waals surface area (Å²) in [6.45, 7) is 2.67. The Kier molecular flexibility index (Phi) is 4.05. The van der Waals surface area contributed by atoms with E-state index in [9.17, 15) is 0 Å². The van der Waals surface area contributed by atoms with E-state index in [1.54, 1.807) is 0 Å². The van der Waals surface area contributed by atoms with Crippen LogP contribution in [0.25, 0.3) is 0 Å². The topological polar surface area (TPSA) is 24.5 Å². The number of nitrogens with one attached hydrogen (secondary N) is 1. The Bertz CT molecular complexity index is 488. The van der Waals surface area contributed by atoms with Gasteiger partial charge < -0.3 is 15.0 Å². The van der Waals surface area contributed by atoms with Gasteiger partial charge >= 0.3 is 0 Å². The number of halogens is 1. The summed E-state index contributed by atoms with van der Waals surface area (Å²) in [6.07, 6.45) is 3.68. The van der Waals surface area contributed by atoms with Gasteiger partial charge in [-0.15, -0.1) is 0 Å². The van der Waals surface area contributed by atoms with Crippen LogP contribution in [-0.4, -0.2) is 30.9 Å². The average molecular weight is 341 g/mol. The Hall–Kier alpha value is -0.650. The summed E-state index contributed by atoms with van der Waals surface area (Å²) in [6, 6.07) is 6.38. The molecule has 1 aromatic rings. The molecule has 3 rings (SSSR count). The van der Waals surface area contributed by atoms with Gasteiger partial charge in [-0.2, -0.15) is 0 Å². The number of rotatable bonds is 2. The molecule has 1 atom stereocenters. The van der Waals surface area contributed by atoms with E-state index >= 15 is 0 Å². The quantitative estimate of drug-likeness (QED) is 0.836. The second-order valence-corrected chi connectivity index (χ2v) is 6.30. The Balaban J connectivity index is 1.62. The molecule has 19 heavy (non-hydrogen) atoms. The van der Waals surface area contributed by atoms with Crippen LogP contribution >= 0.6 is 28.1 Å². The van der Waals surface area contributed by atoms with E-state index < -0.39 is 0 Å². The fourth-order valence-electron chi connectivity index (χ4n) is 2.68. The zero-order chi connectivity index (χ0) is 13.2. The highest BCUT2D eigenvalue weighted by Crippen LogP contribution is 2.30. The van der Waals surface area contributed by atoms with E-state index in [4.69, 9.17) is 17.0 Å². The van der Waals surface area contributed by atoms with Gasteiger partial charge in [0.25, 0.3) is 0 Å². The predicted molar refractivity (Wildman–Crippen MR) is 84.8 cm³/mol. The number of ether oxygens (including phenoxy) is 1. The molecule has 0 unspecified atom stereocenters. The molecule has 0 aromatic heterocycles. The van der Waals surface area contributed by atoms with Gasteiger partial charge in [0.2, 0.25) is 0 Å². The third kappa shape index (κ3) is 2.93. The number of fused-ring (bicyclic) bond motifs is 1. The molecule has 3 nitrogen and oxygen atoms in total. The first-order valence-corrected chi connectivity index (χ1v) is 7.89. The van der Waals surface area contributed by atoms with Crippen molar-refractivity contribution < 1.29 is 4.74 Å². The third-order valence-electron chi connectivity index (χ3n) is 3.69. The lowest BCUT2D eigenvalue weighted by atomic mass is 10.2. The molecule has 102 valence electrons. The minimum Gasteiger partial charge on any atom is -0.376 e. The smallest absolute Gasteiger partial charge is 0.173 e. The van der Waals surface area contributed by atoms with Gasteiger partial charge in [0.1, 0.15) is 0 Å². The third-order valence-corrected chi connectivity index (χ3v) is 4.55. The number of benzene rings is 1. The number of hydrogen-bond acceptors (Lipinski definition) is 2. The Morgan fingerprint density at radius 3 is 3.21 bits per heavy atom. The highest BCUT2D eigenvalue weighted by atomic mass is 79.9. The van der Waals surface area contributed by atoms with Crippen LogP contribution < -0.4 is 10.2 Å². The largest absolute Gasteiger partial charge is 0.376 e. The molecule has 1 aromatic carbocycles. The molecule has 0 amide bonds. The van der Waals surface area contributed by atoms with Crippen molar-refractivity contribution in [3.8, 4) is 0 Å². The van der Waals surface area contributed by atoms with Gasteiger partial charge in [0, 0.05) is 29.9 Å². The summed E-state index contributed by atoms with van der Waals surface area (Å²) in [5.74, 6) is 0. The van der Waals surface area contributed by atoms with E-state index in [1.807, 2.05) is 0 Å². The van der Waals surface area contributed by atoms with Gasteiger partial charge in [0.05, 0.1) is 6.10 Å². The van der Waals surface area contributed by atoms with Gasteiger partial charge in [-0.25, -0.2) is 0 Å². The maximum absolute atomic E-state index is 5.60. The van der Waals surface area contributed by atoms with Crippen LogP contribution in [0.2, 0.25) is 0 Å². The van der Waals surface area contributed by atoms with Crippen LogP contribution in [-0.2, 0) is 11.2 Å². The molecule has 1 fully saturated rings. The SMILES string of the molecule is S=C(NC[C@H]1CCCO1)N1CCc2cc(Br)ccc21. The van der Waals surface area contributed by atoms with Crippen molar-refractivity contribution in [3.63, 3.8) is 0 Å². The van der Waals surface area contributed by atoms with Crippen molar-refractivity contribution in [1.29, 1.82) is 0 Å². The zero-order valence-electron chi connectivity index (χ0n) is 10.7. The van der Waals surface area contributed by atoms with Crippen LogP contribution in [0.15, 0.2) is 22.7 Å². The molecule has 0 bridgehead atoms. The minimum absolute atomic E-state index is 0.324. The molecule has 2 heterocycles. The van der Waals surface area contributed by atoms with Crippen molar-refractivity contribution in [2.45, 2.75) is 25.4 Å². The molecule has 1 N–H and O–H groups in total. The summed E-state index contributed by atoms with van der Waals surface area (Å²) in [5.41, 5.74) is 2.59. The first-order valence-electron chi connectivity index (χ1n) is 6.69. The normalized spacial score (nSPS) is 21.5. The van der Waals surface area contributed by atoms with Crippen LogP contribution in [0.1, 0.15) is 18.4 Å². The van der Waals surface area contributed by atoms with Gasteiger partial charge in [-0.1, -0.05) is 15.9 Å². The first kappa shape index (κ1) is 13.3. The highest BCUT2D eigenvalue weighted by Gasteiger charge is 2.23. The Labute approximate surface area is 127 Å². The monoisotopic (exact) mass is 340 g/mol. The lowest BCUT2D eigenvalue weighted by Crippen LogP contribution is -2.41. The van der Waals surface area contributed by atoms with E-state index in [1.165, 1.54) is 17.7 Å². The Morgan fingerprint density at radius 1 is 1.53 bits per heavy atom. The fraction of sp³-hybridized carbons (Fsp3) is 0.500. The van der Waals surface area contributed by atoms with Crippen molar-refractivity contribution in [3.05, 3.63) is 28.2 Å². The summed E-state index contributed by atoms with van der Waals surface area (Å²) >= 11 is 9.02. The van der Waals surface area contributed by atoms with Gasteiger partial charge in [-0.05, 0) is 55.2 Å². The molecule has 0 saturated carbocycles. The maximum atomic E-state index is 5.60. The van der Waals surface area contributed by atoms with Crippen molar-refractivity contribution in [1.82, 2.24) is 5.32 Å². The summed E-state index contributed by atoms with van der Waals surface area (Å²) in [5, 5.41) is 4.16. The molecule has 0 spiro atoms. The first-order chi connectivity index (χ1) is 9.24. The molecule has 1 saturated heterocycles. The van der Waals surface area contributed by atoms with Crippen molar-refractivity contribution >= 4 is 38.9 Å². The predicted octanol–water partition coefficient (Wildman–Crippen LogP) is 2.87. The number of hydrogen-bond donors (Lipinski definition) is 1. The second kappa shape index (κ2) is 5.77. The zero-order valence-corrected chi connectivity index (χ0v) is 13.1. The van der Waals surface area contributed by atoms with Crippen LogP contribution in [0.5, 0.6) is 0 Å². The average Bonchev–Trinajstić information content (AvgIpc) is 3.04.